The van der Waals surface area contributed by atoms with Crippen LogP contribution in [0.2, 0.25) is 0 Å². The van der Waals surface area contributed by atoms with Crippen LogP contribution < -0.4 is 0 Å². The molecule has 0 saturated heterocycles. The second kappa shape index (κ2) is 11.8. The third-order valence-corrected chi connectivity index (χ3v) is 12.1. The molecule has 0 bridgehead atoms. The first-order valence-electron chi connectivity index (χ1n) is 19.7. The molecule has 0 atom stereocenters. The Balaban J connectivity index is 1.16. The smallest absolute Gasteiger partial charge is 0.135 e. The van der Waals surface area contributed by atoms with Gasteiger partial charge < -0.3 is 18.0 Å². The number of hydrogen-bond acceptors (Lipinski definition) is 2. The van der Waals surface area contributed by atoms with Gasteiger partial charge in [0.25, 0.3) is 0 Å². The minimum Gasteiger partial charge on any atom is -0.456 e. The first-order valence-corrected chi connectivity index (χ1v) is 19.7. The predicted octanol–water partition coefficient (Wildman–Crippen LogP) is 15.0. The van der Waals surface area contributed by atoms with E-state index in [0.29, 0.717) is 0 Å². The van der Waals surface area contributed by atoms with E-state index >= 15 is 0 Å². The van der Waals surface area contributed by atoms with Crippen molar-refractivity contribution >= 4 is 87.5 Å². The van der Waals surface area contributed by atoms with Gasteiger partial charge in [-0.1, -0.05) is 109 Å². The lowest BCUT2D eigenvalue weighted by atomic mass is 10.0. The van der Waals surface area contributed by atoms with Crippen LogP contribution in [0, 0.1) is 0 Å². The molecule has 4 heteroatoms. The van der Waals surface area contributed by atoms with E-state index in [1.54, 1.807) is 0 Å². The highest BCUT2D eigenvalue weighted by Crippen LogP contribution is 2.43. The number of furan rings is 2. The fourth-order valence-corrected chi connectivity index (χ4v) is 9.41. The fourth-order valence-electron chi connectivity index (χ4n) is 9.41. The van der Waals surface area contributed by atoms with Crippen LogP contribution in [0.1, 0.15) is 0 Å². The second-order valence-corrected chi connectivity index (χ2v) is 15.3. The van der Waals surface area contributed by atoms with E-state index in [-0.39, 0.29) is 0 Å². The van der Waals surface area contributed by atoms with Crippen LogP contribution in [-0.2, 0) is 0 Å². The van der Waals surface area contributed by atoms with Gasteiger partial charge in [0.15, 0.2) is 0 Å². The predicted molar refractivity (Wildman–Crippen MR) is 241 cm³/mol. The fraction of sp³-hybridized carbons (Fsp3) is 0. The van der Waals surface area contributed by atoms with Crippen molar-refractivity contribution in [1.82, 2.24) is 9.13 Å². The number of para-hydroxylation sites is 2. The van der Waals surface area contributed by atoms with Crippen LogP contribution in [0.4, 0.5) is 0 Å². The van der Waals surface area contributed by atoms with Crippen molar-refractivity contribution in [2.75, 3.05) is 0 Å². The molecule has 4 nitrogen and oxygen atoms in total. The summed E-state index contributed by atoms with van der Waals surface area (Å²) >= 11 is 0. The van der Waals surface area contributed by atoms with Gasteiger partial charge in [-0.2, -0.15) is 0 Å². The summed E-state index contributed by atoms with van der Waals surface area (Å²) in [5.41, 5.74) is 15.1. The third-order valence-electron chi connectivity index (χ3n) is 12.1. The van der Waals surface area contributed by atoms with Crippen LogP contribution >= 0.6 is 0 Å². The van der Waals surface area contributed by atoms with Gasteiger partial charge in [0.2, 0.25) is 0 Å². The summed E-state index contributed by atoms with van der Waals surface area (Å²) in [4.78, 5) is 0. The Morgan fingerprint density at radius 2 is 0.655 bits per heavy atom. The van der Waals surface area contributed by atoms with E-state index in [4.69, 9.17) is 8.83 Å². The molecule has 0 radical (unpaired) electrons. The Bertz CT molecular complexity index is 3540. The average molecular weight is 741 g/mol. The van der Waals surface area contributed by atoms with Crippen molar-refractivity contribution < 1.29 is 8.83 Å². The van der Waals surface area contributed by atoms with Crippen LogP contribution in [0.25, 0.3) is 121 Å². The standard InChI is InChI=1S/C54H32N2O2/c1-3-11-33(12-4-1)35-19-23-47-41(27-35)43-31-44-42-28-36(34-13-5-2-6-14-34)20-24-48(42)56(38-22-26-54-46(30-38)40-16-8-10-18-52(40)58-54)50(44)32-49(43)55(47)37-21-25-53-45(29-37)39-15-7-9-17-51(39)57-53/h1-32H. The largest absolute Gasteiger partial charge is 0.456 e. The first-order chi connectivity index (χ1) is 28.7. The van der Waals surface area contributed by atoms with Gasteiger partial charge >= 0.3 is 0 Å². The summed E-state index contributed by atoms with van der Waals surface area (Å²) in [6.07, 6.45) is 0. The number of nitrogens with zero attached hydrogens (tertiary/aromatic N) is 2. The summed E-state index contributed by atoms with van der Waals surface area (Å²) < 4.78 is 17.5. The lowest BCUT2D eigenvalue weighted by molar-refractivity contribution is 0.668. The third kappa shape index (κ3) is 4.51. The van der Waals surface area contributed by atoms with Crippen molar-refractivity contribution in [3.63, 3.8) is 0 Å². The summed E-state index contributed by atoms with van der Waals surface area (Å²) in [7, 11) is 0. The second-order valence-electron chi connectivity index (χ2n) is 15.3. The van der Waals surface area contributed by atoms with Gasteiger partial charge in [-0.25, -0.2) is 0 Å². The molecule has 13 rings (SSSR count). The summed E-state index contributed by atoms with van der Waals surface area (Å²) in [6.45, 7) is 0. The van der Waals surface area contributed by atoms with Crippen molar-refractivity contribution in [3.8, 4) is 33.6 Å². The van der Waals surface area contributed by atoms with Crippen LogP contribution in [-0.4, -0.2) is 9.13 Å². The Hall–Kier alpha value is -7.82. The van der Waals surface area contributed by atoms with E-state index in [1.807, 2.05) is 24.3 Å². The molecular formula is C54H32N2O2. The number of rotatable bonds is 4. The van der Waals surface area contributed by atoms with Gasteiger partial charge in [-0.15, -0.1) is 0 Å². The van der Waals surface area contributed by atoms with Gasteiger partial charge in [-0.05, 0) is 107 Å². The van der Waals surface area contributed by atoms with Crippen LogP contribution in [0.5, 0.6) is 0 Å². The molecule has 0 aliphatic rings. The van der Waals surface area contributed by atoms with Crippen LogP contribution in [0.15, 0.2) is 203 Å². The molecule has 0 spiro atoms. The minimum atomic E-state index is 0.885. The Morgan fingerprint density at radius 1 is 0.241 bits per heavy atom. The van der Waals surface area contributed by atoms with Gasteiger partial charge in [-0.3, -0.25) is 0 Å². The van der Waals surface area contributed by atoms with Crippen molar-refractivity contribution in [3.05, 3.63) is 194 Å². The van der Waals surface area contributed by atoms with E-state index < -0.39 is 0 Å². The molecule has 0 aliphatic carbocycles. The molecule has 0 fully saturated rings. The average Bonchev–Trinajstić information content (AvgIpc) is 4.03. The van der Waals surface area contributed by atoms with Gasteiger partial charge in [0.1, 0.15) is 22.3 Å². The molecule has 13 aromatic rings. The minimum absolute atomic E-state index is 0.885. The van der Waals surface area contributed by atoms with Crippen LogP contribution in [0.3, 0.4) is 0 Å². The maximum Gasteiger partial charge on any atom is 0.135 e. The zero-order chi connectivity index (χ0) is 37.9. The lowest BCUT2D eigenvalue weighted by Crippen LogP contribution is -1.96. The molecule has 0 saturated carbocycles. The molecule has 0 unspecified atom stereocenters. The molecule has 0 aliphatic heterocycles. The van der Waals surface area contributed by atoms with E-state index in [1.165, 1.54) is 43.8 Å². The van der Waals surface area contributed by atoms with E-state index in [2.05, 4.69) is 179 Å². The SMILES string of the molecule is c1ccc(-c2ccc3c(c2)c2cc4c5cc(-c6ccccc6)ccc5n(-c5ccc6oc7ccccc7c6c5)c4cc2n3-c2ccc3oc4ccccc4c3c2)cc1. The Kier molecular flexibility index (Phi) is 6.41. The summed E-state index contributed by atoms with van der Waals surface area (Å²) in [6, 6.07) is 69.8. The molecule has 4 aromatic heterocycles. The number of fused-ring (bicyclic) bond motifs is 12. The van der Waals surface area contributed by atoms with Gasteiger partial charge in [0.05, 0.1) is 22.1 Å². The molecule has 9 aromatic carbocycles. The normalized spacial score (nSPS) is 12.1. The molecule has 270 valence electrons. The molecule has 0 amide bonds. The van der Waals surface area contributed by atoms with Gasteiger partial charge in [0, 0.05) is 54.5 Å². The quantitative estimate of drug-likeness (QED) is 0.180. The Morgan fingerprint density at radius 3 is 1.14 bits per heavy atom. The van der Waals surface area contributed by atoms with Crippen molar-refractivity contribution in [2.45, 2.75) is 0 Å². The number of benzene rings is 9. The molecule has 4 heterocycles. The maximum absolute atomic E-state index is 6.29. The molecule has 58 heavy (non-hydrogen) atoms. The number of hydrogen-bond donors (Lipinski definition) is 0. The van der Waals surface area contributed by atoms with E-state index in [9.17, 15) is 0 Å². The van der Waals surface area contributed by atoms with Crippen molar-refractivity contribution in [1.29, 1.82) is 0 Å². The zero-order valence-corrected chi connectivity index (χ0v) is 31.2. The zero-order valence-electron chi connectivity index (χ0n) is 31.2. The van der Waals surface area contributed by atoms with Crippen molar-refractivity contribution in [2.24, 2.45) is 0 Å². The highest BCUT2D eigenvalue weighted by Gasteiger charge is 2.21. The number of aromatic nitrogens is 2. The Labute approximate surface area is 332 Å². The monoisotopic (exact) mass is 740 g/mol. The summed E-state index contributed by atoms with van der Waals surface area (Å²) in [5, 5.41) is 9.27. The molecule has 0 N–H and O–H groups in total. The highest BCUT2D eigenvalue weighted by molar-refractivity contribution is 6.20. The first kappa shape index (κ1) is 31.4. The topological polar surface area (TPSA) is 36.1 Å². The maximum atomic E-state index is 6.29. The van der Waals surface area contributed by atoms with E-state index in [0.717, 1.165) is 77.3 Å². The summed E-state index contributed by atoms with van der Waals surface area (Å²) in [5.74, 6) is 0. The molecular weight excluding hydrogens is 709 g/mol. The lowest BCUT2D eigenvalue weighted by Gasteiger charge is -2.11. The highest BCUT2D eigenvalue weighted by atomic mass is 16.3.